The largest absolute Gasteiger partial charge is 0.484 e. The maximum absolute atomic E-state index is 11.8. The fraction of sp³-hybridized carbons (Fsp3) is 0.619. The zero-order valence-electron chi connectivity index (χ0n) is 17.5. The average molecular weight is 532 g/mol. The van der Waals surface area contributed by atoms with Crippen LogP contribution in [0.2, 0.25) is 0 Å². The minimum absolute atomic E-state index is 0. The Morgan fingerprint density at radius 2 is 2.17 bits per heavy atom. The summed E-state index contributed by atoms with van der Waals surface area (Å²) in [5, 5.41) is 7.05. The molecule has 1 atom stereocenters. The predicted octanol–water partition coefficient (Wildman–Crippen LogP) is 3.11. The normalized spacial score (nSPS) is 19.5. The van der Waals surface area contributed by atoms with Gasteiger partial charge in [-0.25, -0.2) is 0 Å². The maximum atomic E-state index is 11.8. The van der Waals surface area contributed by atoms with Gasteiger partial charge in [0.25, 0.3) is 5.91 Å². The van der Waals surface area contributed by atoms with E-state index >= 15 is 0 Å². The Hall–Kier alpha value is -1.16. The van der Waals surface area contributed by atoms with Crippen LogP contribution in [0.4, 0.5) is 0 Å². The number of hydrogen-bond donors (Lipinski definition) is 2. The van der Waals surface area contributed by atoms with Gasteiger partial charge in [0.2, 0.25) is 0 Å². The second kappa shape index (κ2) is 11.9. The van der Waals surface area contributed by atoms with E-state index in [4.69, 9.17) is 4.74 Å². The molecule has 1 aliphatic carbocycles. The van der Waals surface area contributed by atoms with Gasteiger partial charge in [-0.1, -0.05) is 26.0 Å². The van der Waals surface area contributed by atoms with Crippen LogP contribution in [0, 0.1) is 5.92 Å². The van der Waals surface area contributed by atoms with Crippen LogP contribution in [0.15, 0.2) is 29.3 Å². The number of aliphatic imine (C=N–C) groups is 1. The highest BCUT2D eigenvalue weighted by Crippen LogP contribution is 2.25. The number of rotatable bonds is 7. The molecule has 1 aromatic carbocycles. The molecule has 0 spiro atoms. The first-order valence-corrected chi connectivity index (χ1v) is 11.2. The molecule has 1 unspecified atom stereocenters. The first-order valence-electron chi connectivity index (χ1n) is 10.1. The number of carbonyl (C=O) groups is 1. The first-order chi connectivity index (χ1) is 13.5. The Morgan fingerprint density at radius 1 is 1.38 bits per heavy atom. The summed E-state index contributed by atoms with van der Waals surface area (Å²) in [5.74, 6) is 3.41. The van der Waals surface area contributed by atoms with Gasteiger partial charge in [0.05, 0.1) is 0 Å². The Bertz CT molecular complexity index is 697. The summed E-state index contributed by atoms with van der Waals surface area (Å²) < 4.78 is 5.64. The van der Waals surface area contributed by atoms with Crippen LogP contribution in [-0.2, 0) is 11.3 Å². The fourth-order valence-electron chi connectivity index (χ4n) is 3.18. The average Bonchev–Trinajstić information content (AvgIpc) is 3.51. The topological polar surface area (TPSA) is 66.0 Å². The molecule has 162 valence electrons. The van der Waals surface area contributed by atoms with Gasteiger partial charge in [-0.3, -0.25) is 9.79 Å². The molecule has 1 saturated heterocycles. The van der Waals surface area contributed by atoms with Gasteiger partial charge in [-0.15, -0.1) is 24.0 Å². The molecule has 2 fully saturated rings. The Kier molecular flexibility index (Phi) is 9.88. The van der Waals surface area contributed by atoms with E-state index in [1.807, 2.05) is 25.2 Å². The van der Waals surface area contributed by atoms with Gasteiger partial charge < -0.3 is 20.3 Å². The highest BCUT2D eigenvalue weighted by Gasteiger charge is 2.25. The van der Waals surface area contributed by atoms with Crippen molar-refractivity contribution in [2.45, 2.75) is 44.5 Å². The van der Waals surface area contributed by atoms with E-state index in [0.717, 1.165) is 49.0 Å². The SMILES string of the molecule is CN=C(NCc1cccc(OCC(=O)NC2CC2)c1)N1CCSC(C(C)C)C1.I. The van der Waals surface area contributed by atoms with Gasteiger partial charge in [0.15, 0.2) is 12.6 Å². The third kappa shape index (κ3) is 7.88. The number of nitrogens with zero attached hydrogens (tertiary/aromatic N) is 2. The quantitative estimate of drug-likeness (QED) is 0.321. The number of amides is 1. The number of halogens is 1. The number of guanidine groups is 1. The molecule has 1 heterocycles. The third-order valence-electron chi connectivity index (χ3n) is 5.01. The Labute approximate surface area is 195 Å². The monoisotopic (exact) mass is 532 g/mol. The van der Waals surface area contributed by atoms with Crippen molar-refractivity contribution in [1.29, 1.82) is 0 Å². The summed E-state index contributed by atoms with van der Waals surface area (Å²) in [4.78, 5) is 18.6. The van der Waals surface area contributed by atoms with Gasteiger partial charge in [0.1, 0.15) is 5.75 Å². The molecule has 1 aromatic rings. The summed E-state index contributed by atoms with van der Waals surface area (Å²) in [6.45, 7) is 7.36. The van der Waals surface area contributed by atoms with Crippen LogP contribution in [0.1, 0.15) is 32.3 Å². The van der Waals surface area contributed by atoms with E-state index < -0.39 is 0 Å². The molecule has 0 radical (unpaired) electrons. The maximum Gasteiger partial charge on any atom is 0.258 e. The standard InChI is InChI=1S/C21H32N4O2S.HI/c1-15(2)19-13-25(9-10-28-19)21(22-3)23-12-16-5-4-6-18(11-16)27-14-20(26)24-17-7-8-17;/h4-6,11,15,17,19H,7-10,12-14H2,1-3H3,(H,22,23)(H,24,26);1H. The van der Waals surface area contributed by atoms with E-state index in [-0.39, 0.29) is 36.5 Å². The second-order valence-corrected chi connectivity index (χ2v) is 9.12. The molecule has 2 aliphatic rings. The molecule has 0 aromatic heterocycles. The van der Waals surface area contributed by atoms with E-state index in [2.05, 4.69) is 52.2 Å². The minimum atomic E-state index is -0.0471. The minimum Gasteiger partial charge on any atom is -0.484 e. The van der Waals surface area contributed by atoms with Crippen molar-refractivity contribution >= 4 is 47.6 Å². The summed E-state index contributed by atoms with van der Waals surface area (Å²) in [6, 6.07) is 8.24. The summed E-state index contributed by atoms with van der Waals surface area (Å²) in [5.41, 5.74) is 1.10. The zero-order valence-corrected chi connectivity index (χ0v) is 20.7. The van der Waals surface area contributed by atoms with Crippen LogP contribution in [0.5, 0.6) is 5.75 Å². The molecular weight excluding hydrogens is 499 g/mol. The highest BCUT2D eigenvalue weighted by molar-refractivity contribution is 14.0. The van der Waals surface area contributed by atoms with Crippen LogP contribution < -0.4 is 15.4 Å². The summed E-state index contributed by atoms with van der Waals surface area (Å²) in [7, 11) is 1.84. The third-order valence-corrected chi connectivity index (χ3v) is 6.55. The van der Waals surface area contributed by atoms with Crippen molar-refractivity contribution in [3.8, 4) is 5.75 Å². The fourth-order valence-corrected chi connectivity index (χ4v) is 4.47. The smallest absolute Gasteiger partial charge is 0.258 e. The van der Waals surface area contributed by atoms with Gasteiger partial charge in [-0.2, -0.15) is 11.8 Å². The molecule has 1 saturated carbocycles. The molecule has 0 bridgehead atoms. The lowest BCUT2D eigenvalue weighted by Gasteiger charge is -2.36. The molecule has 3 rings (SSSR count). The van der Waals surface area contributed by atoms with E-state index in [0.29, 0.717) is 23.8 Å². The first kappa shape index (κ1) is 24.1. The number of nitrogens with one attached hydrogen (secondary N) is 2. The molecule has 1 amide bonds. The van der Waals surface area contributed by atoms with Crippen molar-refractivity contribution in [2.75, 3.05) is 32.5 Å². The molecular formula is C21H33IN4O2S. The molecule has 8 heteroatoms. The predicted molar refractivity (Wildman–Crippen MR) is 131 cm³/mol. The van der Waals surface area contributed by atoms with Crippen LogP contribution in [0.3, 0.4) is 0 Å². The number of benzene rings is 1. The molecule has 6 nitrogen and oxygen atoms in total. The van der Waals surface area contributed by atoms with Gasteiger partial charge in [0, 0.05) is 43.7 Å². The summed E-state index contributed by atoms with van der Waals surface area (Å²) >= 11 is 2.06. The van der Waals surface area contributed by atoms with E-state index in [1.165, 1.54) is 0 Å². The zero-order chi connectivity index (χ0) is 19.9. The lowest BCUT2D eigenvalue weighted by molar-refractivity contribution is -0.123. The lowest BCUT2D eigenvalue weighted by atomic mass is 10.1. The van der Waals surface area contributed by atoms with Crippen LogP contribution >= 0.6 is 35.7 Å². The lowest BCUT2D eigenvalue weighted by Crippen LogP contribution is -2.48. The number of thioether (sulfide) groups is 1. The van der Waals surface area contributed by atoms with Crippen molar-refractivity contribution in [2.24, 2.45) is 10.9 Å². The highest BCUT2D eigenvalue weighted by atomic mass is 127. The van der Waals surface area contributed by atoms with Crippen molar-refractivity contribution in [3.05, 3.63) is 29.8 Å². The van der Waals surface area contributed by atoms with E-state index in [9.17, 15) is 4.79 Å². The van der Waals surface area contributed by atoms with Gasteiger partial charge >= 0.3 is 0 Å². The Morgan fingerprint density at radius 3 is 2.86 bits per heavy atom. The van der Waals surface area contributed by atoms with E-state index in [1.54, 1.807) is 0 Å². The van der Waals surface area contributed by atoms with Crippen molar-refractivity contribution in [3.63, 3.8) is 0 Å². The van der Waals surface area contributed by atoms with Crippen molar-refractivity contribution < 1.29 is 9.53 Å². The van der Waals surface area contributed by atoms with Crippen LogP contribution in [-0.4, -0.2) is 60.6 Å². The molecule has 2 N–H and O–H groups in total. The molecule has 1 aliphatic heterocycles. The second-order valence-electron chi connectivity index (χ2n) is 7.78. The van der Waals surface area contributed by atoms with Gasteiger partial charge in [-0.05, 0) is 36.5 Å². The number of carbonyl (C=O) groups excluding carboxylic acids is 1. The summed E-state index contributed by atoms with van der Waals surface area (Å²) in [6.07, 6.45) is 2.17. The van der Waals surface area contributed by atoms with Crippen molar-refractivity contribution in [1.82, 2.24) is 15.5 Å². The van der Waals surface area contributed by atoms with Crippen LogP contribution in [0.25, 0.3) is 0 Å². The molecule has 29 heavy (non-hydrogen) atoms. The number of ether oxygens (including phenoxy) is 1. The number of hydrogen-bond acceptors (Lipinski definition) is 4. The Balaban J connectivity index is 0.00000300.